The Morgan fingerprint density at radius 1 is 1.33 bits per heavy atom. The van der Waals surface area contributed by atoms with Crippen molar-refractivity contribution in [2.75, 3.05) is 0 Å². The van der Waals surface area contributed by atoms with Crippen LogP contribution < -0.4 is 5.32 Å². The van der Waals surface area contributed by atoms with Gasteiger partial charge in [-0.1, -0.05) is 55.6 Å². The van der Waals surface area contributed by atoms with Crippen LogP contribution in [0.5, 0.6) is 0 Å². The van der Waals surface area contributed by atoms with E-state index in [1.54, 1.807) is 6.07 Å². The van der Waals surface area contributed by atoms with Gasteiger partial charge in [-0.05, 0) is 30.5 Å². The Morgan fingerprint density at radius 3 is 2.61 bits per heavy atom. The first-order valence-electron chi connectivity index (χ1n) is 6.73. The van der Waals surface area contributed by atoms with Gasteiger partial charge in [0.05, 0.1) is 0 Å². The van der Waals surface area contributed by atoms with E-state index in [2.05, 4.69) is 42.0 Å². The van der Waals surface area contributed by atoms with Crippen LogP contribution in [0.2, 0.25) is 0 Å². The van der Waals surface area contributed by atoms with Gasteiger partial charge in [0.25, 0.3) is 0 Å². The predicted molar refractivity (Wildman–Crippen MR) is 79.4 cm³/mol. The first-order valence-corrected chi connectivity index (χ1v) is 7.52. The normalized spacial score (nSPS) is 13.0. The summed E-state index contributed by atoms with van der Waals surface area (Å²) >= 11 is 3.44. The molecular formula is C15H23BrFN. The van der Waals surface area contributed by atoms with E-state index in [-0.39, 0.29) is 5.82 Å². The molecule has 1 unspecified atom stereocenters. The molecule has 0 saturated heterocycles. The smallest absolute Gasteiger partial charge is 0.124 e. The SMILES string of the molecule is CCCCC(Cc1ccc(F)cc1Br)NC(C)C. The summed E-state index contributed by atoms with van der Waals surface area (Å²) in [5.41, 5.74) is 1.17. The highest BCUT2D eigenvalue weighted by Gasteiger charge is 2.12. The lowest BCUT2D eigenvalue weighted by Gasteiger charge is -2.22. The number of hydrogen-bond donors (Lipinski definition) is 1. The molecule has 0 fully saturated rings. The molecular weight excluding hydrogens is 293 g/mol. The summed E-state index contributed by atoms with van der Waals surface area (Å²) in [6.45, 7) is 6.54. The van der Waals surface area contributed by atoms with Crippen LogP contribution in [-0.2, 0) is 6.42 Å². The lowest BCUT2D eigenvalue weighted by Crippen LogP contribution is -2.36. The maximum atomic E-state index is 13.1. The van der Waals surface area contributed by atoms with Crippen LogP contribution in [0.25, 0.3) is 0 Å². The molecule has 0 radical (unpaired) electrons. The van der Waals surface area contributed by atoms with E-state index in [4.69, 9.17) is 0 Å². The van der Waals surface area contributed by atoms with Gasteiger partial charge in [0, 0.05) is 16.6 Å². The number of nitrogens with one attached hydrogen (secondary N) is 1. The molecule has 0 heterocycles. The topological polar surface area (TPSA) is 12.0 Å². The summed E-state index contributed by atoms with van der Waals surface area (Å²) in [5.74, 6) is -0.187. The molecule has 1 nitrogen and oxygen atoms in total. The molecule has 0 amide bonds. The first kappa shape index (κ1) is 15.6. The molecule has 1 atom stereocenters. The molecule has 102 valence electrons. The number of rotatable bonds is 7. The summed E-state index contributed by atoms with van der Waals surface area (Å²) in [5, 5.41) is 3.59. The molecule has 0 aliphatic heterocycles. The fourth-order valence-corrected chi connectivity index (χ4v) is 2.63. The van der Waals surface area contributed by atoms with E-state index < -0.39 is 0 Å². The van der Waals surface area contributed by atoms with Gasteiger partial charge in [-0.3, -0.25) is 0 Å². The third-order valence-electron chi connectivity index (χ3n) is 2.96. The van der Waals surface area contributed by atoms with Crippen molar-refractivity contribution in [1.82, 2.24) is 5.32 Å². The Morgan fingerprint density at radius 2 is 2.06 bits per heavy atom. The Balaban J connectivity index is 2.68. The fraction of sp³-hybridized carbons (Fsp3) is 0.600. The molecule has 0 aliphatic carbocycles. The Labute approximate surface area is 118 Å². The summed E-state index contributed by atoms with van der Waals surface area (Å²) < 4.78 is 13.9. The quantitative estimate of drug-likeness (QED) is 0.769. The van der Waals surface area contributed by atoms with Crippen molar-refractivity contribution >= 4 is 15.9 Å². The highest BCUT2D eigenvalue weighted by atomic mass is 79.9. The van der Waals surface area contributed by atoms with Gasteiger partial charge in [-0.2, -0.15) is 0 Å². The van der Waals surface area contributed by atoms with E-state index in [9.17, 15) is 4.39 Å². The number of benzene rings is 1. The Kier molecular flexibility index (Phi) is 6.87. The van der Waals surface area contributed by atoms with Gasteiger partial charge in [0.1, 0.15) is 5.82 Å². The number of hydrogen-bond acceptors (Lipinski definition) is 1. The minimum atomic E-state index is -0.187. The molecule has 1 N–H and O–H groups in total. The van der Waals surface area contributed by atoms with Crippen molar-refractivity contribution in [3.05, 3.63) is 34.1 Å². The van der Waals surface area contributed by atoms with Gasteiger partial charge in [-0.25, -0.2) is 4.39 Å². The van der Waals surface area contributed by atoms with Crippen molar-refractivity contribution < 1.29 is 4.39 Å². The largest absolute Gasteiger partial charge is 0.311 e. The average molecular weight is 316 g/mol. The van der Waals surface area contributed by atoms with Gasteiger partial charge >= 0.3 is 0 Å². The van der Waals surface area contributed by atoms with E-state index >= 15 is 0 Å². The second-order valence-electron chi connectivity index (χ2n) is 5.10. The van der Waals surface area contributed by atoms with Crippen LogP contribution in [0.3, 0.4) is 0 Å². The molecule has 3 heteroatoms. The number of halogens is 2. The highest BCUT2D eigenvalue weighted by Crippen LogP contribution is 2.21. The molecule has 0 aromatic heterocycles. The average Bonchev–Trinajstić information content (AvgIpc) is 2.29. The van der Waals surface area contributed by atoms with Crippen LogP contribution in [0.15, 0.2) is 22.7 Å². The van der Waals surface area contributed by atoms with Crippen molar-refractivity contribution in [1.29, 1.82) is 0 Å². The second-order valence-corrected chi connectivity index (χ2v) is 5.95. The van der Waals surface area contributed by atoms with Crippen LogP contribution >= 0.6 is 15.9 Å². The molecule has 0 aliphatic rings. The maximum Gasteiger partial charge on any atom is 0.124 e. The first-order chi connectivity index (χ1) is 8.52. The molecule has 0 spiro atoms. The molecule has 0 saturated carbocycles. The third-order valence-corrected chi connectivity index (χ3v) is 3.69. The monoisotopic (exact) mass is 315 g/mol. The summed E-state index contributed by atoms with van der Waals surface area (Å²) in [4.78, 5) is 0. The van der Waals surface area contributed by atoms with Gasteiger partial charge < -0.3 is 5.32 Å². The Hall–Kier alpha value is -0.410. The zero-order valence-corrected chi connectivity index (χ0v) is 13.1. The van der Waals surface area contributed by atoms with Crippen molar-refractivity contribution in [2.24, 2.45) is 0 Å². The lowest BCUT2D eigenvalue weighted by molar-refractivity contribution is 0.424. The summed E-state index contributed by atoms with van der Waals surface area (Å²) in [6, 6.07) is 5.90. The van der Waals surface area contributed by atoms with Gasteiger partial charge in [0.2, 0.25) is 0 Å². The van der Waals surface area contributed by atoms with Crippen LogP contribution in [-0.4, -0.2) is 12.1 Å². The van der Waals surface area contributed by atoms with Crippen LogP contribution in [0.1, 0.15) is 45.6 Å². The van der Waals surface area contributed by atoms with Gasteiger partial charge in [0.15, 0.2) is 0 Å². The third kappa shape index (κ3) is 5.49. The second kappa shape index (κ2) is 7.90. The Bertz CT molecular complexity index is 366. The fourth-order valence-electron chi connectivity index (χ4n) is 2.12. The van der Waals surface area contributed by atoms with E-state index in [1.165, 1.54) is 30.9 Å². The van der Waals surface area contributed by atoms with Crippen LogP contribution in [0.4, 0.5) is 4.39 Å². The predicted octanol–water partition coefficient (Wildman–Crippen LogP) is 4.69. The highest BCUT2D eigenvalue weighted by molar-refractivity contribution is 9.10. The zero-order valence-electron chi connectivity index (χ0n) is 11.5. The standard InChI is InChI=1S/C15H23BrFN/c1-4-5-6-14(18-11(2)3)9-12-7-8-13(17)10-15(12)16/h7-8,10-11,14,18H,4-6,9H2,1-3H3. The molecule has 1 aromatic rings. The van der Waals surface area contributed by atoms with Crippen LogP contribution in [0, 0.1) is 5.82 Å². The van der Waals surface area contributed by atoms with Crippen molar-refractivity contribution in [3.63, 3.8) is 0 Å². The minimum absolute atomic E-state index is 0.187. The van der Waals surface area contributed by atoms with E-state index in [1.807, 2.05) is 6.07 Å². The summed E-state index contributed by atoms with van der Waals surface area (Å²) in [7, 11) is 0. The van der Waals surface area contributed by atoms with Gasteiger partial charge in [-0.15, -0.1) is 0 Å². The van der Waals surface area contributed by atoms with E-state index in [0.29, 0.717) is 12.1 Å². The maximum absolute atomic E-state index is 13.1. The summed E-state index contributed by atoms with van der Waals surface area (Å²) in [6.07, 6.45) is 4.54. The minimum Gasteiger partial charge on any atom is -0.311 e. The molecule has 1 rings (SSSR count). The molecule has 18 heavy (non-hydrogen) atoms. The van der Waals surface area contributed by atoms with Crippen molar-refractivity contribution in [3.8, 4) is 0 Å². The molecule has 0 bridgehead atoms. The van der Waals surface area contributed by atoms with Crippen molar-refractivity contribution in [2.45, 2.75) is 58.5 Å². The molecule has 1 aromatic carbocycles. The number of unbranched alkanes of at least 4 members (excludes halogenated alkanes) is 1. The lowest BCUT2D eigenvalue weighted by atomic mass is 10.0. The van der Waals surface area contributed by atoms with E-state index in [0.717, 1.165) is 10.9 Å². The zero-order chi connectivity index (χ0) is 13.5.